The van der Waals surface area contributed by atoms with E-state index in [1.54, 1.807) is 6.20 Å². The van der Waals surface area contributed by atoms with Gasteiger partial charge in [0.2, 0.25) is 0 Å². The zero-order chi connectivity index (χ0) is 10.7. The summed E-state index contributed by atoms with van der Waals surface area (Å²) in [7, 11) is 0. The molecule has 1 atom stereocenters. The number of rotatable bonds is 3. The van der Waals surface area contributed by atoms with Crippen LogP contribution in [-0.4, -0.2) is 34.1 Å². The first-order valence-electron chi connectivity index (χ1n) is 4.96. The molecule has 82 valence electrons. The lowest BCUT2D eigenvalue weighted by Gasteiger charge is -2.07. The molecule has 2 heterocycles. The summed E-state index contributed by atoms with van der Waals surface area (Å²) in [6, 6.07) is 0.406. The molecule has 1 aromatic rings. The summed E-state index contributed by atoms with van der Waals surface area (Å²) < 4.78 is 1.90. The Morgan fingerprint density at radius 3 is 3.33 bits per heavy atom. The minimum Gasteiger partial charge on any atom is -0.465 e. The normalized spacial score (nSPS) is 20.4. The highest BCUT2D eigenvalue weighted by Crippen LogP contribution is 2.14. The monoisotopic (exact) mass is 210 g/mol. The molecule has 2 rings (SSSR count). The molecule has 1 amide bonds. The molecule has 0 unspecified atom stereocenters. The van der Waals surface area contributed by atoms with Crippen molar-refractivity contribution in [1.29, 1.82) is 0 Å². The molecule has 6 nitrogen and oxygen atoms in total. The summed E-state index contributed by atoms with van der Waals surface area (Å²) in [5.74, 6) is 0. The zero-order valence-electron chi connectivity index (χ0n) is 8.31. The van der Waals surface area contributed by atoms with E-state index in [-0.39, 0.29) is 0 Å². The van der Waals surface area contributed by atoms with Gasteiger partial charge in [-0.15, -0.1) is 0 Å². The van der Waals surface area contributed by atoms with E-state index < -0.39 is 6.09 Å². The first-order chi connectivity index (χ1) is 7.25. The molecule has 1 aliphatic rings. The zero-order valence-corrected chi connectivity index (χ0v) is 8.31. The third-order valence-electron chi connectivity index (χ3n) is 2.51. The van der Waals surface area contributed by atoms with E-state index in [0.717, 1.165) is 25.1 Å². The number of hydrogen-bond donors (Lipinski definition) is 3. The Kier molecular flexibility index (Phi) is 2.86. The van der Waals surface area contributed by atoms with Crippen LogP contribution in [0.4, 0.5) is 4.79 Å². The lowest BCUT2D eigenvalue weighted by atomic mass is 10.3. The van der Waals surface area contributed by atoms with Crippen LogP contribution in [0.1, 0.15) is 18.0 Å². The van der Waals surface area contributed by atoms with Gasteiger partial charge in [-0.3, -0.25) is 4.68 Å². The predicted octanol–water partition coefficient (Wildman–Crippen LogP) is 0.185. The van der Waals surface area contributed by atoms with Crippen LogP contribution in [0, 0.1) is 0 Å². The van der Waals surface area contributed by atoms with Gasteiger partial charge in [0, 0.05) is 24.8 Å². The summed E-state index contributed by atoms with van der Waals surface area (Å²) in [5.41, 5.74) is 0.893. The molecule has 0 aromatic carbocycles. The van der Waals surface area contributed by atoms with Crippen molar-refractivity contribution in [2.45, 2.75) is 19.0 Å². The van der Waals surface area contributed by atoms with Gasteiger partial charge in [-0.25, -0.2) is 4.79 Å². The van der Waals surface area contributed by atoms with Gasteiger partial charge >= 0.3 is 6.09 Å². The number of carboxylic acid groups (broad SMARTS) is 1. The van der Waals surface area contributed by atoms with Gasteiger partial charge < -0.3 is 15.7 Å². The van der Waals surface area contributed by atoms with E-state index in [9.17, 15) is 4.79 Å². The van der Waals surface area contributed by atoms with E-state index in [1.165, 1.54) is 0 Å². The SMILES string of the molecule is O=C(O)NCc1cnn([C@H]2CCNC2)c1. The van der Waals surface area contributed by atoms with E-state index in [2.05, 4.69) is 15.7 Å². The molecule has 0 bridgehead atoms. The number of nitrogens with zero attached hydrogens (tertiary/aromatic N) is 2. The van der Waals surface area contributed by atoms with E-state index in [1.807, 2.05) is 10.9 Å². The summed E-state index contributed by atoms with van der Waals surface area (Å²) in [5, 5.41) is 18.2. The molecule has 0 radical (unpaired) electrons. The van der Waals surface area contributed by atoms with Crippen molar-refractivity contribution in [3.63, 3.8) is 0 Å². The lowest BCUT2D eigenvalue weighted by Crippen LogP contribution is -2.19. The quantitative estimate of drug-likeness (QED) is 0.665. The van der Waals surface area contributed by atoms with Crippen molar-refractivity contribution in [3.8, 4) is 0 Å². The van der Waals surface area contributed by atoms with Crippen molar-refractivity contribution >= 4 is 6.09 Å². The van der Waals surface area contributed by atoms with Gasteiger partial charge in [-0.2, -0.15) is 5.10 Å². The first kappa shape index (κ1) is 9.97. The highest BCUT2D eigenvalue weighted by Gasteiger charge is 2.16. The number of carbonyl (C=O) groups is 1. The van der Waals surface area contributed by atoms with Gasteiger partial charge in [0.05, 0.1) is 12.2 Å². The average Bonchev–Trinajstić information content (AvgIpc) is 2.85. The summed E-state index contributed by atoms with van der Waals surface area (Å²) in [4.78, 5) is 10.3. The number of amides is 1. The fraction of sp³-hybridized carbons (Fsp3) is 0.556. The minimum atomic E-state index is -1.01. The molecule has 0 aliphatic carbocycles. The molecule has 3 N–H and O–H groups in total. The predicted molar refractivity (Wildman–Crippen MR) is 53.6 cm³/mol. The molecular formula is C9H14N4O2. The molecule has 1 saturated heterocycles. The van der Waals surface area contributed by atoms with Crippen molar-refractivity contribution in [1.82, 2.24) is 20.4 Å². The molecule has 15 heavy (non-hydrogen) atoms. The van der Waals surface area contributed by atoms with Crippen LogP contribution in [0.5, 0.6) is 0 Å². The largest absolute Gasteiger partial charge is 0.465 e. The maximum atomic E-state index is 10.3. The van der Waals surface area contributed by atoms with Gasteiger partial charge in [0.25, 0.3) is 0 Å². The summed E-state index contributed by atoms with van der Waals surface area (Å²) >= 11 is 0. The first-order valence-corrected chi connectivity index (χ1v) is 4.96. The van der Waals surface area contributed by atoms with Crippen LogP contribution in [0.3, 0.4) is 0 Å². The van der Waals surface area contributed by atoms with Crippen LogP contribution in [0.15, 0.2) is 12.4 Å². The third-order valence-corrected chi connectivity index (χ3v) is 2.51. The fourth-order valence-corrected chi connectivity index (χ4v) is 1.71. The molecule has 0 saturated carbocycles. The Morgan fingerprint density at radius 1 is 1.80 bits per heavy atom. The molecule has 6 heteroatoms. The fourth-order valence-electron chi connectivity index (χ4n) is 1.71. The van der Waals surface area contributed by atoms with Gasteiger partial charge in [0.1, 0.15) is 0 Å². The summed E-state index contributed by atoms with van der Waals surface area (Å²) in [6.45, 7) is 2.27. The van der Waals surface area contributed by atoms with E-state index in [0.29, 0.717) is 12.6 Å². The van der Waals surface area contributed by atoms with Crippen LogP contribution in [-0.2, 0) is 6.54 Å². The Morgan fingerprint density at radius 2 is 2.67 bits per heavy atom. The Balaban J connectivity index is 1.94. The second-order valence-electron chi connectivity index (χ2n) is 3.63. The van der Waals surface area contributed by atoms with Crippen LogP contribution in [0.2, 0.25) is 0 Å². The number of hydrogen-bond acceptors (Lipinski definition) is 3. The van der Waals surface area contributed by atoms with Crippen LogP contribution >= 0.6 is 0 Å². The Labute approximate surface area is 87.3 Å². The molecular weight excluding hydrogens is 196 g/mol. The van der Waals surface area contributed by atoms with Crippen LogP contribution in [0.25, 0.3) is 0 Å². The second-order valence-corrected chi connectivity index (χ2v) is 3.63. The maximum absolute atomic E-state index is 10.3. The van der Waals surface area contributed by atoms with Crippen molar-refractivity contribution in [3.05, 3.63) is 18.0 Å². The number of aromatic nitrogens is 2. The highest BCUT2D eigenvalue weighted by atomic mass is 16.4. The van der Waals surface area contributed by atoms with Gasteiger partial charge in [-0.05, 0) is 13.0 Å². The van der Waals surface area contributed by atoms with Crippen LogP contribution < -0.4 is 10.6 Å². The second kappa shape index (κ2) is 4.31. The Bertz CT molecular complexity index is 344. The van der Waals surface area contributed by atoms with Crippen molar-refractivity contribution in [2.75, 3.05) is 13.1 Å². The summed E-state index contributed by atoms with van der Waals surface area (Å²) in [6.07, 6.45) is 3.67. The maximum Gasteiger partial charge on any atom is 0.404 e. The standard InChI is InChI=1S/C9H14N4O2/c14-9(15)11-3-7-4-12-13(6-7)8-1-2-10-5-8/h4,6,8,10-11H,1-3,5H2,(H,14,15)/t8-/m0/s1. The smallest absolute Gasteiger partial charge is 0.404 e. The molecule has 1 aromatic heterocycles. The lowest BCUT2D eigenvalue weighted by molar-refractivity contribution is 0.194. The van der Waals surface area contributed by atoms with Gasteiger partial charge in [-0.1, -0.05) is 0 Å². The number of nitrogens with one attached hydrogen (secondary N) is 2. The highest BCUT2D eigenvalue weighted by molar-refractivity contribution is 5.64. The average molecular weight is 210 g/mol. The van der Waals surface area contributed by atoms with E-state index >= 15 is 0 Å². The van der Waals surface area contributed by atoms with Crippen molar-refractivity contribution in [2.24, 2.45) is 0 Å². The molecule has 0 spiro atoms. The van der Waals surface area contributed by atoms with Gasteiger partial charge in [0.15, 0.2) is 0 Å². The molecule has 1 aliphatic heterocycles. The topological polar surface area (TPSA) is 79.2 Å². The van der Waals surface area contributed by atoms with Crippen molar-refractivity contribution < 1.29 is 9.90 Å². The van der Waals surface area contributed by atoms with E-state index in [4.69, 9.17) is 5.11 Å². The molecule has 1 fully saturated rings. The minimum absolute atomic E-state index is 0.315. The third kappa shape index (κ3) is 2.47. The Hall–Kier alpha value is -1.56.